The van der Waals surface area contributed by atoms with Gasteiger partial charge in [-0.3, -0.25) is 9.78 Å². The van der Waals surface area contributed by atoms with Gasteiger partial charge in [-0.2, -0.15) is 0 Å². The maximum atomic E-state index is 12.0. The van der Waals surface area contributed by atoms with Gasteiger partial charge in [-0.05, 0) is 18.6 Å². The van der Waals surface area contributed by atoms with Gasteiger partial charge < -0.3 is 0 Å². The fourth-order valence-corrected chi connectivity index (χ4v) is 2.71. The highest BCUT2D eigenvalue weighted by atomic mass is 35.5. The van der Waals surface area contributed by atoms with Crippen LogP contribution in [-0.2, 0) is 0 Å². The molecule has 0 amide bonds. The van der Waals surface area contributed by atoms with Gasteiger partial charge >= 0.3 is 0 Å². The minimum atomic E-state index is 0.0696. The number of carbonyl (C=O) groups excluding carboxylic acids is 1. The second-order valence-electron chi connectivity index (χ2n) is 5.69. The highest BCUT2D eigenvalue weighted by molar-refractivity contribution is 6.33. The molecule has 0 unspecified atom stereocenters. The normalized spacial score (nSPS) is 10.8. The molecular weight excluding hydrogens is 282 g/mol. The van der Waals surface area contributed by atoms with Crippen LogP contribution in [-0.4, -0.2) is 10.8 Å². The molecule has 0 aromatic carbocycles. The molecule has 2 nitrogen and oxygen atoms in total. The van der Waals surface area contributed by atoms with E-state index in [1.54, 1.807) is 18.3 Å². The number of rotatable bonds is 12. The Morgan fingerprint density at radius 3 is 2.14 bits per heavy atom. The zero-order chi connectivity index (χ0) is 15.3. The zero-order valence-corrected chi connectivity index (χ0v) is 14.0. The van der Waals surface area contributed by atoms with Gasteiger partial charge in [-0.1, -0.05) is 76.3 Å². The average Bonchev–Trinajstić information content (AvgIpc) is 2.49. The minimum Gasteiger partial charge on any atom is -0.292 e. The second kappa shape index (κ2) is 11.7. The van der Waals surface area contributed by atoms with Crippen LogP contribution in [0, 0.1) is 0 Å². The molecule has 0 aliphatic carbocycles. The van der Waals surface area contributed by atoms with Crippen molar-refractivity contribution in [3.05, 3.63) is 29.0 Å². The Balaban J connectivity index is 1.99. The van der Waals surface area contributed by atoms with Crippen LogP contribution >= 0.6 is 11.6 Å². The fourth-order valence-electron chi connectivity index (χ4n) is 2.48. The van der Waals surface area contributed by atoms with Gasteiger partial charge in [0, 0.05) is 12.6 Å². The van der Waals surface area contributed by atoms with E-state index in [1.807, 2.05) is 0 Å². The molecule has 1 heterocycles. The standard InChI is InChI=1S/C18H28ClNO/c1-2-3-4-5-6-7-8-9-10-11-14-17(21)18-16(19)13-12-15-20-18/h12-13,15H,2-11,14H2,1H3. The summed E-state index contributed by atoms with van der Waals surface area (Å²) in [5, 5.41) is 0.467. The van der Waals surface area contributed by atoms with Crippen LogP contribution in [0.15, 0.2) is 18.3 Å². The number of pyridine rings is 1. The van der Waals surface area contributed by atoms with Gasteiger partial charge in [0.05, 0.1) is 5.02 Å². The number of nitrogens with zero attached hydrogens (tertiary/aromatic N) is 1. The Morgan fingerprint density at radius 1 is 1.00 bits per heavy atom. The van der Waals surface area contributed by atoms with Crippen LogP contribution in [0.4, 0.5) is 0 Å². The first-order chi connectivity index (χ1) is 10.3. The number of ketones is 1. The first-order valence-corrected chi connectivity index (χ1v) is 8.77. The fraction of sp³-hybridized carbons (Fsp3) is 0.667. The predicted octanol–water partition coefficient (Wildman–Crippen LogP) is 6.23. The summed E-state index contributed by atoms with van der Waals surface area (Å²) in [4.78, 5) is 16.0. The van der Waals surface area contributed by atoms with Crippen LogP contribution in [0.1, 0.15) is 88.0 Å². The smallest absolute Gasteiger partial charge is 0.182 e. The number of hydrogen-bond donors (Lipinski definition) is 0. The van der Waals surface area contributed by atoms with Crippen LogP contribution in [0.5, 0.6) is 0 Å². The molecule has 0 atom stereocenters. The Kier molecular flexibility index (Phi) is 10.1. The van der Waals surface area contributed by atoms with Crippen LogP contribution in [0.2, 0.25) is 5.02 Å². The summed E-state index contributed by atoms with van der Waals surface area (Å²) in [6.07, 6.45) is 14.9. The SMILES string of the molecule is CCCCCCCCCCCCC(=O)c1ncccc1Cl. The molecule has 0 aliphatic rings. The van der Waals surface area contributed by atoms with E-state index in [1.165, 1.54) is 51.4 Å². The molecule has 21 heavy (non-hydrogen) atoms. The third-order valence-corrected chi connectivity index (χ3v) is 4.08. The first kappa shape index (κ1) is 18.2. The molecule has 1 rings (SSSR count). The van der Waals surface area contributed by atoms with E-state index in [-0.39, 0.29) is 5.78 Å². The topological polar surface area (TPSA) is 30.0 Å². The molecule has 118 valence electrons. The summed E-state index contributed by atoms with van der Waals surface area (Å²) in [5.41, 5.74) is 0.426. The molecule has 0 saturated heterocycles. The van der Waals surface area contributed by atoms with E-state index in [0.29, 0.717) is 17.1 Å². The monoisotopic (exact) mass is 309 g/mol. The summed E-state index contributed by atoms with van der Waals surface area (Å²) in [7, 11) is 0. The number of halogens is 1. The van der Waals surface area contributed by atoms with Gasteiger partial charge in [0.2, 0.25) is 0 Å². The van der Waals surface area contributed by atoms with Crippen molar-refractivity contribution >= 4 is 17.4 Å². The lowest BCUT2D eigenvalue weighted by Gasteiger charge is -2.03. The predicted molar refractivity (Wildman–Crippen MR) is 90.0 cm³/mol. The molecule has 1 aromatic heterocycles. The van der Waals surface area contributed by atoms with Crippen LogP contribution < -0.4 is 0 Å². The molecule has 0 radical (unpaired) electrons. The molecule has 0 bridgehead atoms. The third kappa shape index (κ3) is 8.21. The summed E-state index contributed by atoms with van der Waals surface area (Å²) < 4.78 is 0. The van der Waals surface area contributed by atoms with Crippen molar-refractivity contribution in [1.29, 1.82) is 0 Å². The summed E-state index contributed by atoms with van der Waals surface area (Å²) in [6.45, 7) is 2.25. The summed E-state index contributed by atoms with van der Waals surface area (Å²) in [6, 6.07) is 3.47. The number of hydrogen-bond acceptors (Lipinski definition) is 2. The molecular formula is C18H28ClNO. The lowest BCUT2D eigenvalue weighted by molar-refractivity contribution is 0.0974. The van der Waals surface area contributed by atoms with E-state index in [9.17, 15) is 4.79 Å². The van der Waals surface area contributed by atoms with Crippen molar-refractivity contribution in [2.75, 3.05) is 0 Å². The first-order valence-electron chi connectivity index (χ1n) is 8.39. The zero-order valence-electron chi connectivity index (χ0n) is 13.2. The average molecular weight is 310 g/mol. The van der Waals surface area contributed by atoms with E-state index in [4.69, 9.17) is 11.6 Å². The highest BCUT2D eigenvalue weighted by Gasteiger charge is 2.10. The minimum absolute atomic E-state index is 0.0696. The van der Waals surface area contributed by atoms with Crippen molar-refractivity contribution in [3.63, 3.8) is 0 Å². The summed E-state index contributed by atoms with van der Waals surface area (Å²) in [5.74, 6) is 0.0696. The van der Waals surface area contributed by atoms with Crippen molar-refractivity contribution < 1.29 is 4.79 Å². The van der Waals surface area contributed by atoms with E-state index < -0.39 is 0 Å². The van der Waals surface area contributed by atoms with Gasteiger partial charge in [0.15, 0.2) is 5.78 Å². The van der Waals surface area contributed by atoms with Crippen LogP contribution in [0.25, 0.3) is 0 Å². The summed E-state index contributed by atoms with van der Waals surface area (Å²) >= 11 is 5.97. The molecule has 3 heteroatoms. The number of aromatic nitrogens is 1. The largest absolute Gasteiger partial charge is 0.292 e. The van der Waals surface area contributed by atoms with Gasteiger partial charge in [0.25, 0.3) is 0 Å². The molecule has 0 spiro atoms. The van der Waals surface area contributed by atoms with Gasteiger partial charge in [0.1, 0.15) is 5.69 Å². The number of Topliss-reactive ketones (excluding diaryl/α,β-unsaturated/α-hetero) is 1. The Bertz CT molecular complexity index is 406. The number of unbranched alkanes of at least 4 members (excludes halogenated alkanes) is 9. The van der Waals surface area contributed by atoms with E-state index in [0.717, 1.165) is 12.8 Å². The quantitative estimate of drug-likeness (QED) is 0.338. The third-order valence-electron chi connectivity index (χ3n) is 3.78. The number of carbonyl (C=O) groups is 1. The van der Waals surface area contributed by atoms with Crippen molar-refractivity contribution in [1.82, 2.24) is 4.98 Å². The molecule has 1 aromatic rings. The maximum Gasteiger partial charge on any atom is 0.182 e. The Morgan fingerprint density at radius 2 is 1.57 bits per heavy atom. The maximum absolute atomic E-state index is 12.0. The van der Waals surface area contributed by atoms with Crippen molar-refractivity contribution in [3.8, 4) is 0 Å². The highest BCUT2D eigenvalue weighted by Crippen LogP contribution is 2.16. The van der Waals surface area contributed by atoms with Crippen molar-refractivity contribution in [2.24, 2.45) is 0 Å². The van der Waals surface area contributed by atoms with E-state index >= 15 is 0 Å². The van der Waals surface area contributed by atoms with Gasteiger partial charge in [-0.15, -0.1) is 0 Å². The Labute approximate surface area is 134 Å². The lowest BCUT2D eigenvalue weighted by atomic mass is 10.0. The lowest BCUT2D eigenvalue weighted by Crippen LogP contribution is -2.02. The molecule has 0 aliphatic heterocycles. The molecule has 0 N–H and O–H groups in total. The Hall–Kier alpha value is -0.890. The van der Waals surface area contributed by atoms with Crippen LogP contribution in [0.3, 0.4) is 0 Å². The molecule has 0 fully saturated rings. The van der Waals surface area contributed by atoms with E-state index in [2.05, 4.69) is 11.9 Å². The van der Waals surface area contributed by atoms with Gasteiger partial charge in [-0.25, -0.2) is 0 Å². The second-order valence-corrected chi connectivity index (χ2v) is 6.10. The van der Waals surface area contributed by atoms with Crippen molar-refractivity contribution in [2.45, 2.75) is 77.6 Å². The molecule has 0 saturated carbocycles.